The zero-order valence-electron chi connectivity index (χ0n) is 10.7. The number of fused-ring (bicyclic) bond motifs is 1. The molecule has 0 aromatic carbocycles. The molecule has 0 spiro atoms. The molecule has 0 aliphatic heterocycles. The summed E-state index contributed by atoms with van der Waals surface area (Å²) in [5.74, 6) is 0.982. The number of anilines is 1. The Morgan fingerprint density at radius 1 is 1.39 bits per heavy atom. The van der Waals surface area contributed by atoms with Gasteiger partial charge in [0.2, 0.25) is 0 Å². The normalized spacial score (nSPS) is 11.1. The fourth-order valence-electron chi connectivity index (χ4n) is 1.79. The fraction of sp³-hybridized carbons (Fsp3) is 0.500. The van der Waals surface area contributed by atoms with Gasteiger partial charge in [-0.3, -0.25) is 0 Å². The molecule has 0 unspecified atom stereocenters. The van der Waals surface area contributed by atoms with Crippen molar-refractivity contribution in [2.45, 2.75) is 6.92 Å². The summed E-state index contributed by atoms with van der Waals surface area (Å²) in [5, 5.41) is 12.8. The molecule has 0 bridgehead atoms. The van der Waals surface area contributed by atoms with E-state index in [4.69, 9.17) is 9.84 Å². The number of rotatable bonds is 6. The topological polar surface area (TPSA) is 62.9 Å². The number of hydrogen-bond acceptors (Lipinski definition) is 5. The van der Waals surface area contributed by atoms with Gasteiger partial charge in [-0.05, 0) is 24.6 Å². The molecule has 0 amide bonds. The van der Waals surface area contributed by atoms with Crippen LogP contribution in [0.4, 0.5) is 5.82 Å². The summed E-state index contributed by atoms with van der Waals surface area (Å²) in [6.07, 6.45) is 1.55. The second-order valence-corrected chi connectivity index (χ2v) is 4.18. The Morgan fingerprint density at radius 2 is 2.22 bits per heavy atom. The highest BCUT2D eigenvalue weighted by atomic mass is 16.5. The monoisotopic (exact) mass is 250 g/mol. The lowest BCUT2D eigenvalue weighted by molar-refractivity contribution is 0.0970. The number of aliphatic hydroxyl groups excluding tert-OH is 1. The molecule has 2 heterocycles. The molecule has 18 heavy (non-hydrogen) atoms. The van der Waals surface area contributed by atoms with Crippen LogP contribution in [0.2, 0.25) is 0 Å². The Morgan fingerprint density at radius 3 is 3.00 bits per heavy atom. The van der Waals surface area contributed by atoms with E-state index in [2.05, 4.69) is 21.0 Å². The van der Waals surface area contributed by atoms with Gasteiger partial charge in [0.25, 0.3) is 0 Å². The quantitative estimate of drug-likeness (QED) is 0.756. The fourth-order valence-corrected chi connectivity index (χ4v) is 1.79. The molecule has 0 fully saturated rings. The van der Waals surface area contributed by atoms with Crippen molar-refractivity contribution in [3.05, 3.63) is 24.0 Å². The zero-order valence-corrected chi connectivity index (χ0v) is 10.7. The third-order valence-electron chi connectivity index (χ3n) is 2.70. The first-order chi connectivity index (χ1) is 8.72. The Hall–Kier alpha value is -1.66. The third-order valence-corrected chi connectivity index (χ3v) is 2.70. The Labute approximate surface area is 106 Å². The van der Waals surface area contributed by atoms with E-state index >= 15 is 0 Å². The molecule has 0 saturated carbocycles. The van der Waals surface area contributed by atoms with Crippen LogP contribution in [0.25, 0.3) is 5.65 Å². The molecule has 0 aliphatic carbocycles. The van der Waals surface area contributed by atoms with Gasteiger partial charge in [-0.1, -0.05) is 0 Å². The number of nitrogens with zero attached hydrogens (tertiary/aromatic N) is 4. The maximum absolute atomic E-state index is 8.64. The van der Waals surface area contributed by atoms with E-state index in [1.54, 1.807) is 10.8 Å². The van der Waals surface area contributed by atoms with Crippen LogP contribution in [0.15, 0.2) is 18.5 Å². The van der Waals surface area contributed by atoms with Gasteiger partial charge in [-0.25, -0.2) is 4.98 Å². The first-order valence-corrected chi connectivity index (χ1v) is 5.92. The largest absolute Gasteiger partial charge is 0.394 e. The second kappa shape index (κ2) is 5.79. The summed E-state index contributed by atoms with van der Waals surface area (Å²) < 4.78 is 7.07. The highest BCUT2D eigenvalue weighted by molar-refractivity contribution is 5.52. The van der Waals surface area contributed by atoms with Crippen molar-refractivity contribution in [3.63, 3.8) is 0 Å². The van der Waals surface area contributed by atoms with Crippen molar-refractivity contribution in [1.82, 2.24) is 14.6 Å². The van der Waals surface area contributed by atoms with E-state index < -0.39 is 0 Å². The molecule has 2 aromatic rings. The zero-order chi connectivity index (χ0) is 13.0. The summed E-state index contributed by atoms with van der Waals surface area (Å²) in [6.45, 7) is 3.77. The van der Waals surface area contributed by atoms with E-state index in [-0.39, 0.29) is 6.61 Å². The van der Waals surface area contributed by atoms with Crippen LogP contribution in [0.1, 0.15) is 5.56 Å². The first kappa shape index (κ1) is 12.8. The number of hydrogen-bond donors (Lipinski definition) is 1. The van der Waals surface area contributed by atoms with E-state index in [1.807, 2.05) is 20.0 Å². The van der Waals surface area contributed by atoms with Crippen LogP contribution < -0.4 is 4.90 Å². The van der Waals surface area contributed by atoms with E-state index in [0.29, 0.717) is 13.2 Å². The van der Waals surface area contributed by atoms with Crippen LogP contribution in [0.5, 0.6) is 0 Å². The third kappa shape index (κ3) is 2.77. The molecule has 1 N–H and O–H groups in total. The van der Waals surface area contributed by atoms with Gasteiger partial charge < -0.3 is 14.7 Å². The molecule has 2 aromatic heterocycles. The number of aryl methyl sites for hydroxylation is 1. The molecular formula is C12H18N4O2. The number of pyridine rings is 1. The Kier molecular flexibility index (Phi) is 4.11. The Bertz CT molecular complexity index is 512. The van der Waals surface area contributed by atoms with Crippen molar-refractivity contribution in [1.29, 1.82) is 0 Å². The van der Waals surface area contributed by atoms with Crippen LogP contribution in [-0.4, -0.2) is 53.1 Å². The van der Waals surface area contributed by atoms with Crippen molar-refractivity contribution in [2.75, 3.05) is 38.3 Å². The van der Waals surface area contributed by atoms with Crippen LogP contribution >= 0.6 is 0 Å². The predicted octanol–water partition coefficient (Wildman–Crippen LogP) is 0.483. The van der Waals surface area contributed by atoms with Crippen molar-refractivity contribution in [2.24, 2.45) is 0 Å². The summed E-state index contributed by atoms with van der Waals surface area (Å²) in [5.41, 5.74) is 1.99. The predicted molar refractivity (Wildman–Crippen MR) is 68.9 cm³/mol. The molecule has 0 aliphatic rings. The second-order valence-electron chi connectivity index (χ2n) is 4.18. The van der Waals surface area contributed by atoms with Crippen LogP contribution in [0, 0.1) is 6.92 Å². The van der Waals surface area contributed by atoms with Gasteiger partial charge >= 0.3 is 0 Å². The molecule has 98 valence electrons. The highest BCUT2D eigenvalue weighted by Gasteiger charge is 2.08. The highest BCUT2D eigenvalue weighted by Crippen LogP contribution is 2.16. The number of likely N-dealkylation sites (N-methyl/N-ethyl adjacent to an activating group) is 1. The number of aliphatic hydroxyl groups is 1. The van der Waals surface area contributed by atoms with Gasteiger partial charge in [0.1, 0.15) is 12.1 Å². The molecule has 2 rings (SSSR count). The maximum Gasteiger partial charge on any atom is 0.157 e. The standard InChI is InChI=1S/C12H18N4O2/c1-10-7-11-13-9-14-16(11)12(8-10)15(2)3-5-18-6-4-17/h7-9,17H,3-6H2,1-2H3. The van der Waals surface area contributed by atoms with Crippen LogP contribution in [-0.2, 0) is 4.74 Å². The number of ether oxygens (including phenoxy) is 1. The minimum Gasteiger partial charge on any atom is -0.394 e. The summed E-state index contributed by atoms with van der Waals surface area (Å²) in [7, 11) is 1.98. The van der Waals surface area contributed by atoms with Crippen molar-refractivity contribution < 1.29 is 9.84 Å². The van der Waals surface area contributed by atoms with E-state index in [1.165, 1.54) is 0 Å². The van der Waals surface area contributed by atoms with Gasteiger partial charge in [0.15, 0.2) is 5.65 Å². The van der Waals surface area contributed by atoms with E-state index in [9.17, 15) is 0 Å². The minimum atomic E-state index is 0.0570. The molecule has 0 atom stereocenters. The SMILES string of the molecule is Cc1cc(N(C)CCOCCO)n2ncnc2c1. The average Bonchev–Trinajstić information content (AvgIpc) is 2.81. The van der Waals surface area contributed by atoms with Gasteiger partial charge in [0, 0.05) is 13.6 Å². The van der Waals surface area contributed by atoms with Gasteiger partial charge in [-0.15, -0.1) is 0 Å². The molecule has 6 nitrogen and oxygen atoms in total. The maximum atomic E-state index is 8.64. The molecule has 0 radical (unpaired) electrons. The lowest BCUT2D eigenvalue weighted by Gasteiger charge is -2.20. The van der Waals surface area contributed by atoms with E-state index in [0.717, 1.165) is 23.6 Å². The Balaban J connectivity index is 2.11. The van der Waals surface area contributed by atoms with Crippen LogP contribution in [0.3, 0.4) is 0 Å². The molecule has 0 saturated heterocycles. The van der Waals surface area contributed by atoms with Crippen molar-refractivity contribution >= 4 is 11.5 Å². The minimum absolute atomic E-state index is 0.0570. The summed E-state index contributed by atoms with van der Waals surface area (Å²) >= 11 is 0. The van der Waals surface area contributed by atoms with Gasteiger partial charge in [-0.2, -0.15) is 9.61 Å². The lowest BCUT2D eigenvalue weighted by atomic mass is 10.3. The molecular weight excluding hydrogens is 232 g/mol. The summed E-state index contributed by atoms with van der Waals surface area (Å²) in [4.78, 5) is 6.25. The lowest BCUT2D eigenvalue weighted by Crippen LogP contribution is -2.25. The molecule has 6 heteroatoms. The summed E-state index contributed by atoms with van der Waals surface area (Å²) in [6, 6.07) is 4.06. The average molecular weight is 250 g/mol. The smallest absolute Gasteiger partial charge is 0.157 e. The van der Waals surface area contributed by atoms with Crippen molar-refractivity contribution in [3.8, 4) is 0 Å². The van der Waals surface area contributed by atoms with Gasteiger partial charge in [0.05, 0.1) is 19.8 Å². The first-order valence-electron chi connectivity index (χ1n) is 5.92. The number of aromatic nitrogens is 3.